The average Bonchev–Trinajstić information content (AvgIpc) is 2.25. The molecule has 0 aromatic carbocycles. The maximum atomic E-state index is 11.6. The van der Waals surface area contributed by atoms with Crippen LogP contribution in [0.15, 0.2) is 0 Å². The van der Waals surface area contributed by atoms with E-state index in [2.05, 4.69) is 10.6 Å². The van der Waals surface area contributed by atoms with Crippen LogP contribution in [0.1, 0.15) is 0 Å². The Morgan fingerprint density at radius 2 is 1.81 bits per heavy atom. The minimum absolute atomic E-state index is 0.0910. The van der Waals surface area contributed by atoms with E-state index in [0.717, 1.165) is 13.1 Å². The Morgan fingerprint density at radius 3 is 2.38 bits per heavy atom. The van der Waals surface area contributed by atoms with E-state index in [-0.39, 0.29) is 16.9 Å². The predicted octanol–water partition coefficient (Wildman–Crippen LogP) is -1.53. The van der Waals surface area contributed by atoms with Gasteiger partial charge in [-0.15, -0.1) is 0 Å². The number of morpholine rings is 1. The predicted molar refractivity (Wildman–Crippen MR) is 59.6 cm³/mol. The summed E-state index contributed by atoms with van der Waals surface area (Å²) in [5.41, 5.74) is 0. The topological polar surface area (TPSA) is 70.7 Å². The van der Waals surface area contributed by atoms with E-state index in [0.29, 0.717) is 19.8 Å². The van der Waals surface area contributed by atoms with Crippen molar-refractivity contribution >= 4 is 29.1 Å². The molecule has 16 heavy (non-hydrogen) atoms. The molecule has 0 bridgehead atoms. The van der Waals surface area contributed by atoms with E-state index in [9.17, 15) is 9.59 Å². The molecule has 2 heterocycles. The molecule has 2 fully saturated rings. The molecule has 0 atom stereocenters. The summed E-state index contributed by atoms with van der Waals surface area (Å²) in [7, 11) is 0. The van der Waals surface area contributed by atoms with Crippen molar-refractivity contribution in [3.05, 3.63) is 0 Å². The summed E-state index contributed by atoms with van der Waals surface area (Å²) in [5.74, 6) is -1.31. The lowest BCUT2D eigenvalue weighted by atomic mass is 10.1. The minimum atomic E-state index is -0.676. The fourth-order valence-corrected chi connectivity index (χ4v) is 1.96. The van der Waals surface area contributed by atoms with Gasteiger partial charge < -0.3 is 15.4 Å². The number of nitrogens with zero attached hydrogens (tertiary/aromatic N) is 1. The third-order valence-corrected chi connectivity index (χ3v) is 2.86. The number of carbonyl (C=O) groups is 2. The SMILES string of the molecule is O=C1NC(=S)NC(=O)C1CN1CCOCC1. The van der Waals surface area contributed by atoms with E-state index in [1.54, 1.807) is 0 Å². The summed E-state index contributed by atoms with van der Waals surface area (Å²) in [6.07, 6.45) is 0. The molecule has 2 rings (SSSR count). The molecule has 2 N–H and O–H groups in total. The second-order valence-corrected chi connectivity index (χ2v) is 4.18. The van der Waals surface area contributed by atoms with Crippen LogP contribution in [0.4, 0.5) is 0 Å². The molecule has 2 aliphatic rings. The van der Waals surface area contributed by atoms with Gasteiger partial charge in [0.05, 0.1) is 13.2 Å². The van der Waals surface area contributed by atoms with Crippen LogP contribution in [0.2, 0.25) is 0 Å². The summed E-state index contributed by atoms with van der Waals surface area (Å²) < 4.78 is 5.20. The molecule has 0 unspecified atom stereocenters. The van der Waals surface area contributed by atoms with Gasteiger partial charge in [0.15, 0.2) is 5.11 Å². The molecule has 7 heteroatoms. The molecule has 0 spiro atoms. The van der Waals surface area contributed by atoms with Crippen LogP contribution < -0.4 is 10.6 Å². The van der Waals surface area contributed by atoms with Gasteiger partial charge in [-0.3, -0.25) is 14.5 Å². The van der Waals surface area contributed by atoms with Crippen LogP contribution in [0.5, 0.6) is 0 Å². The highest BCUT2D eigenvalue weighted by atomic mass is 32.1. The first-order valence-corrected chi connectivity index (χ1v) is 5.53. The zero-order valence-electron chi connectivity index (χ0n) is 8.69. The van der Waals surface area contributed by atoms with Gasteiger partial charge in [0.1, 0.15) is 5.92 Å². The van der Waals surface area contributed by atoms with Crippen molar-refractivity contribution in [3.8, 4) is 0 Å². The number of hydrogen-bond donors (Lipinski definition) is 2. The van der Waals surface area contributed by atoms with Crippen LogP contribution in [-0.2, 0) is 14.3 Å². The van der Waals surface area contributed by atoms with Gasteiger partial charge in [-0.25, -0.2) is 0 Å². The number of thiocarbonyl (C=S) groups is 1. The number of carbonyl (C=O) groups excluding carboxylic acids is 2. The van der Waals surface area contributed by atoms with Gasteiger partial charge >= 0.3 is 0 Å². The fraction of sp³-hybridized carbons (Fsp3) is 0.667. The van der Waals surface area contributed by atoms with Crippen LogP contribution in [0.25, 0.3) is 0 Å². The third-order valence-electron chi connectivity index (χ3n) is 2.65. The Hall–Kier alpha value is -1.05. The summed E-state index contributed by atoms with van der Waals surface area (Å²) in [6.45, 7) is 3.22. The molecule has 2 amide bonds. The van der Waals surface area contributed by atoms with Crippen molar-refractivity contribution in [3.63, 3.8) is 0 Å². The van der Waals surface area contributed by atoms with Gasteiger partial charge in [-0.2, -0.15) is 0 Å². The zero-order chi connectivity index (χ0) is 11.5. The highest BCUT2D eigenvalue weighted by Gasteiger charge is 2.34. The van der Waals surface area contributed by atoms with Gasteiger partial charge in [-0.05, 0) is 12.2 Å². The smallest absolute Gasteiger partial charge is 0.240 e. The summed E-state index contributed by atoms with van der Waals surface area (Å²) >= 11 is 4.72. The third kappa shape index (κ3) is 2.55. The lowest BCUT2D eigenvalue weighted by Crippen LogP contribution is -2.58. The van der Waals surface area contributed by atoms with Gasteiger partial charge in [0.2, 0.25) is 11.8 Å². The Bertz CT molecular complexity index is 308. The van der Waals surface area contributed by atoms with Crippen molar-refractivity contribution in [2.45, 2.75) is 0 Å². The summed E-state index contributed by atoms with van der Waals surface area (Å²) in [5, 5.41) is 4.99. The van der Waals surface area contributed by atoms with Gasteiger partial charge in [0.25, 0.3) is 0 Å². The largest absolute Gasteiger partial charge is 0.379 e. The lowest BCUT2D eigenvalue weighted by Gasteiger charge is -2.31. The molecule has 2 aliphatic heterocycles. The molecule has 2 saturated heterocycles. The van der Waals surface area contributed by atoms with E-state index >= 15 is 0 Å². The normalized spacial score (nSPS) is 24.1. The lowest BCUT2D eigenvalue weighted by molar-refractivity contribution is -0.136. The maximum Gasteiger partial charge on any atom is 0.240 e. The number of ether oxygens (including phenoxy) is 1. The number of nitrogens with one attached hydrogen (secondary N) is 2. The Morgan fingerprint density at radius 1 is 1.25 bits per heavy atom. The highest BCUT2D eigenvalue weighted by Crippen LogP contribution is 2.07. The van der Waals surface area contributed by atoms with E-state index < -0.39 is 5.92 Å². The molecule has 88 valence electrons. The Balaban J connectivity index is 1.94. The maximum absolute atomic E-state index is 11.6. The van der Waals surface area contributed by atoms with Crippen LogP contribution in [-0.4, -0.2) is 54.7 Å². The van der Waals surface area contributed by atoms with Gasteiger partial charge in [0, 0.05) is 19.6 Å². The molecule has 0 aromatic rings. The second-order valence-electron chi connectivity index (χ2n) is 3.77. The first kappa shape index (κ1) is 11.4. The minimum Gasteiger partial charge on any atom is -0.379 e. The van der Waals surface area contributed by atoms with Crippen LogP contribution in [0, 0.1) is 5.92 Å². The van der Waals surface area contributed by atoms with Crippen LogP contribution >= 0.6 is 12.2 Å². The van der Waals surface area contributed by atoms with Crippen molar-refractivity contribution in [2.75, 3.05) is 32.8 Å². The second kappa shape index (κ2) is 4.86. The first-order valence-electron chi connectivity index (χ1n) is 5.12. The highest BCUT2D eigenvalue weighted by molar-refractivity contribution is 7.80. The standard InChI is InChI=1S/C9H13N3O3S/c13-7-6(8(14)11-9(16)10-7)5-12-1-3-15-4-2-12/h6H,1-5H2,(H2,10,11,13,14,16). The van der Waals surface area contributed by atoms with E-state index in [4.69, 9.17) is 17.0 Å². The molecule has 0 aromatic heterocycles. The summed E-state index contributed by atoms with van der Waals surface area (Å²) in [6, 6.07) is 0. The number of amides is 2. The fourth-order valence-electron chi connectivity index (χ4n) is 1.76. The molecule has 0 saturated carbocycles. The van der Waals surface area contributed by atoms with Crippen LogP contribution in [0.3, 0.4) is 0 Å². The molecular weight excluding hydrogens is 230 g/mol. The molecule has 0 aliphatic carbocycles. The average molecular weight is 243 g/mol. The van der Waals surface area contributed by atoms with Gasteiger partial charge in [-0.1, -0.05) is 0 Å². The van der Waals surface area contributed by atoms with Crippen molar-refractivity contribution in [2.24, 2.45) is 5.92 Å². The van der Waals surface area contributed by atoms with E-state index in [1.165, 1.54) is 0 Å². The van der Waals surface area contributed by atoms with Crippen molar-refractivity contribution < 1.29 is 14.3 Å². The summed E-state index contributed by atoms with van der Waals surface area (Å²) in [4.78, 5) is 25.2. The monoisotopic (exact) mass is 243 g/mol. The zero-order valence-corrected chi connectivity index (χ0v) is 9.51. The van der Waals surface area contributed by atoms with Crippen molar-refractivity contribution in [1.82, 2.24) is 15.5 Å². The van der Waals surface area contributed by atoms with Crippen molar-refractivity contribution in [1.29, 1.82) is 0 Å². The first-order chi connectivity index (χ1) is 7.66. The Labute approximate surface area is 98.3 Å². The van der Waals surface area contributed by atoms with E-state index in [1.807, 2.05) is 4.90 Å². The molecule has 0 radical (unpaired) electrons. The number of rotatable bonds is 2. The quantitative estimate of drug-likeness (QED) is 0.454. The molecule has 6 nitrogen and oxygen atoms in total. The molecular formula is C9H13N3O3S. The Kier molecular flexibility index (Phi) is 3.47. The number of hydrogen-bond acceptors (Lipinski definition) is 5.